The Balaban J connectivity index is 1.53. The molecular weight excluding hydrogens is 418 g/mol. The largest absolute Gasteiger partial charge is 0.487 e. The third-order valence-electron chi connectivity index (χ3n) is 5.68. The highest BCUT2D eigenvalue weighted by atomic mass is 19.1. The third-order valence-corrected chi connectivity index (χ3v) is 5.68. The fourth-order valence-corrected chi connectivity index (χ4v) is 4.36. The Bertz CT molecular complexity index is 998. The number of hydrogen-bond acceptors (Lipinski definition) is 4. The summed E-state index contributed by atoms with van der Waals surface area (Å²) >= 11 is 0. The first-order valence-electron chi connectivity index (χ1n) is 10.5. The molecule has 2 amide bonds. The van der Waals surface area contributed by atoms with E-state index in [0.717, 1.165) is 0 Å². The van der Waals surface area contributed by atoms with Gasteiger partial charge < -0.3 is 20.1 Å². The number of hydrogen-bond donors (Lipinski definition) is 2. The van der Waals surface area contributed by atoms with Gasteiger partial charge in [-0.05, 0) is 64.1 Å². The minimum absolute atomic E-state index is 0.362. The number of carbonyl (C=O) groups is 2. The van der Waals surface area contributed by atoms with Crippen molar-refractivity contribution in [2.24, 2.45) is 0 Å². The van der Waals surface area contributed by atoms with Crippen LogP contribution in [-0.2, 0) is 9.59 Å². The van der Waals surface area contributed by atoms with Gasteiger partial charge >= 0.3 is 11.8 Å². The zero-order valence-corrected chi connectivity index (χ0v) is 18.4. The minimum Gasteiger partial charge on any atom is -0.487 e. The molecule has 2 aromatic rings. The lowest BCUT2D eigenvalue weighted by Crippen LogP contribution is -2.48. The molecule has 2 aliphatic rings. The molecule has 32 heavy (non-hydrogen) atoms. The summed E-state index contributed by atoms with van der Waals surface area (Å²) in [5.74, 6) is -1.71. The second-order valence-electron chi connectivity index (χ2n) is 9.55. The van der Waals surface area contributed by atoms with E-state index in [1.165, 1.54) is 36.4 Å². The number of nitrogens with one attached hydrogen (secondary N) is 2. The SMILES string of the molecule is CC1(C)C[C@@H](NC(=O)C(=O)N[C@@H]2CC(C)(C)Oc3ccc(F)cc32)c2cc(F)ccc2O1. The van der Waals surface area contributed by atoms with Gasteiger partial charge in [0, 0.05) is 24.0 Å². The van der Waals surface area contributed by atoms with Crippen LogP contribution in [0.3, 0.4) is 0 Å². The summed E-state index contributed by atoms with van der Waals surface area (Å²) < 4.78 is 39.4. The van der Waals surface area contributed by atoms with Gasteiger partial charge in [0.05, 0.1) is 12.1 Å². The minimum atomic E-state index is -0.856. The first-order chi connectivity index (χ1) is 14.9. The lowest BCUT2D eigenvalue weighted by atomic mass is 9.89. The van der Waals surface area contributed by atoms with Gasteiger partial charge in [-0.3, -0.25) is 9.59 Å². The lowest BCUT2D eigenvalue weighted by Gasteiger charge is -2.38. The maximum atomic E-state index is 13.8. The van der Waals surface area contributed by atoms with Crippen molar-refractivity contribution >= 4 is 11.8 Å². The molecular formula is C24H26F2N2O4. The van der Waals surface area contributed by atoms with Gasteiger partial charge in [0.25, 0.3) is 0 Å². The van der Waals surface area contributed by atoms with Crippen LogP contribution >= 0.6 is 0 Å². The predicted octanol–water partition coefficient (Wildman–Crippen LogP) is 4.10. The summed E-state index contributed by atoms with van der Waals surface area (Å²) in [6, 6.07) is 7.00. The Labute approximate surface area is 185 Å². The molecule has 0 unspecified atom stereocenters. The van der Waals surface area contributed by atoms with Gasteiger partial charge in [0.2, 0.25) is 0 Å². The molecule has 0 spiro atoms. The standard InChI is InChI=1S/C24H26F2N2O4/c1-23(2)11-17(15-9-13(25)5-7-19(15)31-23)27-21(29)22(30)28-18-12-24(3,4)32-20-8-6-14(26)10-16(18)20/h5-10,17-18H,11-12H2,1-4H3,(H,27,29)(H,28,30)/t17-,18-/m1/s1. The molecule has 0 bridgehead atoms. The molecule has 2 heterocycles. The van der Waals surface area contributed by atoms with E-state index in [4.69, 9.17) is 9.47 Å². The van der Waals surface area contributed by atoms with E-state index in [9.17, 15) is 18.4 Å². The molecule has 0 radical (unpaired) electrons. The Kier molecular flexibility index (Phi) is 5.35. The molecule has 0 aromatic heterocycles. The van der Waals surface area contributed by atoms with E-state index in [1.54, 1.807) is 0 Å². The molecule has 8 heteroatoms. The topological polar surface area (TPSA) is 76.7 Å². The van der Waals surface area contributed by atoms with Crippen molar-refractivity contribution in [3.63, 3.8) is 0 Å². The Morgan fingerprint density at radius 2 is 1.16 bits per heavy atom. The summed E-state index contributed by atoms with van der Waals surface area (Å²) in [7, 11) is 0. The molecule has 0 aliphatic carbocycles. The molecule has 0 saturated heterocycles. The molecule has 0 saturated carbocycles. The average Bonchev–Trinajstić information content (AvgIpc) is 2.68. The lowest BCUT2D eigenvalue weighted by molar-refractivity contribution is -0.140. The number of benzene rings is 2. The van der Waals surface area contributed by atoms with Gasteiger partial charge in [0.15, 0.2) is 0 Å². The van der Waals surface area contributed by atoms with Crippen LogP contribution in [0.5, 0.6) is 11.5 Å². The van der Waals surface area contributed by atoms with Crippen LogP contribution in [0, 0.1) is 11.6 Å². The zero-order chi connectivity index (χ0) is 23.3. The fraction of sp³-hybridized carbons (Fsp3) is 0.417. The van der Waals surface area contributed by atoms with E-state index in [-0.39, 0.29) is 0 Å². The first-order valence-corrected chi connectivity index (χ1v) is 10.5. The van der Waals surface area contributed by atoms with Crippen LogP contribution in [-0.4, -0.2) is 23.0 Å². The summed E-state index contributed by atoms with van der Waals surface area (Å²) in [5.41, 5.74) is -0.267. The van der Waals surface area contributed by atoms with E-state index in [2.05, 4.69) is 10.6 Å². The van der Waals surface area contributed by atoms with Crippen molar-refractivity contribution in [3.8, 4) is 11.5 Å². The average molecular weight is 444 g/mol. The molecule has 2 aromatic carbocycles. The van der Waals surface area contributed by atoms with Crippen molar-refractivity contribution in [1.82, 2.24) is 10.6 Å². The second kappa shape index (κ2) is 7.76. The van der Waals surface area contributed by atoms with Gasteiger partial charge in [-0.25, -0.2) is 8.78 Å². The first kappa shape index (κ1) is 22.0. The Hall–Kier alpha value is -3.16. The maximum absolute atomic E-state index is 13.8. The molecule has 6 nitrogen and oxygen atoms in total. The Morgan fingerprint density at radius 3 is 1.53 bits per heavy atom. The number of fused-ring (bicyclic) bond motifs is 2. The van der Waals surface area contributed by atoms with Crippen molar-refractivity contribution in [1.29, 1.82) is 0 Å². The van der Waals surface area contributed by atoms with Gasteiger partial charge in [0.1, 0.15) is 34.3 Å². The monoisotopic (exact) mass is 444 g/mol. The summed E-state index contributed by atoms with van der Waals surface area (Å²) in [6.45, 7) is 7.42. The highest BCUT2D eigenvalue weighted by molar-refractivity contribution is 6.35. The van der Waals surface area contributed by atoms with E-state index in [0.29, 0.717) is 35.5 Å². The predicted molar refractivity (Wildman–Crippen MR) is 113 cm³/mol. The van der Waals surface area contributed by atoms with Crippen molar-refractivity contribution < 1.29 is 27.8 Å². The number of ether oxygens (including phenoxy) is 2. The van der Waals surface area contributed by atoms with Crippen LogP contribution in [0.1, 0.15) is 63.7 Å². The molecule has 170 valence electrons. The van der Waals surface area contributed by atoms with Crippen LogP contribution < -0.4 is 20.1 Å². The second-order valence-corrected chi connectivity index (χ2v) is 9.55. The molecule has 2 aliphatic heterocycles. The van der Waals surface area contributed by atoms with E-state index in [1.807, 2.05) is 27.7 Å². The quantitative estimate of drug-likeness (QED) is 0.684. The van der Waals surface area contributed by atoms with Gasteiger partial charge in [-0.1, -0.05) is 0 Å². The summed E-state index contributed by atoms with van der Waals surface area (Å²) in [5, 5.41) is 5.40. The van der Waals surface area contributed by atoms with Crippen molar-refractivity contribution in [2.75, 3.05) is 0 Å². The normalized spacial score (nSPS) is 22.4. The number of halogens is 2. The highest BCUT2D eigenvalue weighted by Crippen LogP contribution is 2.41. The van der Waals surface area contributed by atoms with Gasteiger partial charge in [-0.2, -0.15) is 0 Å². The number of rotatable bonds is 2. The van der Waals surface area contributed by atoms with Crippen LogP contribution in [0.2, 0.25) is 0 Å². The highest BCUT2D eigenvalue weighted by Gasteiger charge is 2.38. The summed E-state index contributed by atoms with van der Waals surface area (Å²) in [6.07, 6.45) is 0.724. The molecule has 0 fully saturated rings. The zero-order valence-electron chi connectivity index (χ0n) is 18.4. The number of carbonyl (C=O) groups excluding carboxylic acids is 2. The molecule has 4 rings (SSSR count). The van der Waals surface area contributed by atoms with E-state index < -0.39 is 46.7 Å². The summed E-state index contributed by atoms with van der Waals surface area (Å²) in [4.78, 5) is 25.5. The van der Waals surface area contributed by atoms with Crippen molar-refractivity contribution in [3.05, 3.63) is 59.2 Å². The van der Waals surface area contributed by atoms with Gasteiger partial charge in [-0.15, -0.1) is 0 Å². The Morgan fingerprint density at radius 1 is 0.781 bits per heavy atom. The van der Waals surface area contributed by atoms with Crippen molar-refractivity contribution in [2.45, 2.75) is 63.8 Å². The third kappa shape index (κ3) is 4.54. The number of amides is 2. The molecule has 2 atom stereocenters. The molecule has 2 N–H and O–H groups in total. The van der Waals surface area contributed by atoms with Crippen LogP contribution in [0.4, 0.5) is 8.78 Å². The maximum Gasteiger partial charge on any atom is 0.309 e. The van der Waals surface area contributed by atoms with Crippen LogP contribution in [0.15, 0.2) is 36.4 Å². The smallest absolute Gasteiger partial charge is 0.309 e. The van der Waals surface area contributed by atoms with Crippen LogP contribution in [0.25, 0.3) is 0 Å². The fourth-order valence-electron chi connectivity index (χ4n) is 4.36. The van der Waals surface area contributed by atoms with E-state index >= 15 is 0 Å².